The molecule has 0 N–H and O–H groups in total. The molecule has 4 amide bonds. The second kappa shape index (κ2) is 6.64. The summed E-state index contributed by atoms with van der Waals surface area (Å²) < 4.78 is 25.7. The molecule has 144 valence electrons. The Labute approximate surface area is 165 Å². The number of hydrogen-bond donors (Lipinski definition) is 0. The Bertz CT molecular complexity index is 1100. The lowest BCUT2D eigenvalue weighted by Gasteiger charge is -2.15. The van der Waals surface area contributed by atoms with Gasteiger partial charge in [-0.2, -0.15) is 0 Å². The molecule has 2 heterocycles. The van der Waals surface area contributed by atoms with Gasteiger partial charge in [-0.15, -0.1) is 0 Å². The van der Waals surface area contributed by atoms with Crippen molar-refractivity contribution >= 4 is 44.8 Å². The van der Waals surface area contributed by atoms with E-state index < -0.39 is 33.5 Å². The number of amides is 4. The molecule has 0 atom stereocenters. The topological polar surface area (TPSA) is 109 Å². The molecule has 0 aromatic heterocycles. The molecule has 0 radical (unpaired) electrons. The average Bonchev–Trinajstić information content (AvgIpc) is 3.22. The van der Waals surface area contributed by atoms with E-state index in [9.17, 15) is 27.6 Å². The molecular formula is C20H12N2O6S. The Kier molecular flexibility index (Phi) is 4.24. The van der Waals surface area contributed by atoms with Gasteiger partial charge in [0.05, 0.1) is 21.2 Å². The minimum Gasteiger partial charge on any atom is -0.269 e. The smallest absolute Gasteiger partial charge is 0.258 e. The third-order valence-electron chi connectivity index (χ3n) is 4.43. The van der Waals surface area contributed by atoms with E-state index in [1.165, 1.54) is 48.5 Å². The van der Waals surface area contributed by atoms with Crippen LogP contribution in [0.1, 0.15) is 0 Å². The molecule has 0 spiro atoms. The molecular weight excluding hydrogens is 396 g/mol. The summed E-state index contributed by atoms with van der Waals surface area (Å²) in [5.74, 6) is -1.99. The van der Waals surface area contributed by atoms with E-state index in [-0.39, 0.29) is 21.2 Å². The van der Waals surface area contributed by atoms with Gasteiger partial charge in [-0.1, -0.05) is 0 Å². The van der Waals surface area contributed by atoms with E-state index in [0.717, 1.165) is 34.1 Å². The van der Waals surface area contributed by atoms with Crippen molar-refractivity contribution in [2.45, 2.75) is 9.79 Å². The van der Waals surface area contributed by atoms with Crippen molar-refractivity contribution in [1.82, 2.24) is 0 Å². The number of rotatable bonds is 4. The Hall–Kier alpha value is -3.85. The minimum absolute atomic E-state index is 0.0314. The first-order valence-corrected chi connectivity index (χ1v) is 9.85. The zero-order valence-electron chi connectivity index (χ0n) is 14.7. The monoisotopic (exact) mass is 408 g/mol. The van der Waals surface area contributed by atoms with Gasteiger partial charge in [-0.3, -0.25) is 19.2 Å². The lowest BCUT2D eigenvalue weighted by atomic mass is 10.3. The Balaban J connectivity index is 1.60. The first kappa shape index (κ1) is 18.5. The third kappa shape index (κ3) is 3.07. The lowest BCUT2D eigenvalue weighted by Crippen LogP contribution is -2.29. The molecule has 2 aromatic rings. The van der Waals surface area contributed by atoms with Gasteiger partial charge < -0.3 is 0 Å². The highest BCUT2D eigenvalue weighted by Gasteiger charge is 2.27. The van der Waals surface area contributed by atoms with Gasteiger partial charge >= 0.3 is 0 Å². The van der Waals surface area contributed by atoms with E-state index in [1.807, 2.05) is 0 Å². The summed E-state index contributed by atoms with van der Waals surface area (Å²) in [6.45, 7) is 0. The highest BCUT2D eigenvalue weighted by molar-refractivity contribution is 7.91. The first-order chi connectivity index (χ1) is 13.8. The molecule has 8 nitrogen and oxygen atoms in total. The SMILES string of the molecule is O=C1C=CC(=O)N1c1ccc(S(=O)(=O)c2ccc(N3C(=O)C=CC3=O)cc2)cc1. The minimum atomic E-state index is -3.88. The maximum Gasteiger partial charge on any atom is 0.258 e. The fourth-order valence-electron chi connectivity index (χ4n) is 2.99. The highest BCUT2D eigenvalue weighted by Crippen LogP contribution is 2.27. The predicted octanol–water partition coefficient (Wildman–Crippen LogP) is 1.38. The summed E-state index contributed by atoms with van der Waals surface area (Å²) in [7, 11) is -3.88. The summed E-state index contributed by atoms with van der Waals surface area (Å²) in [5.41, 5.74) is 0.524. The zero-order valence-corrected chi connectivity index (χ0v) is 15.5. The van der Waals surface area contributed by atoms with E-state index in [2.05, 4.69) is 0 Å². The van der Waals surface area contributed by atoms with Crippen molar-refractivity contribution in [3.05, 3.63) is 72.8 Å². The van der Waals surface area contributed by atoms with Crippen LogP contribution in [0.25, 0.3) is 0 Å². The van der Waals surface area contributed by atoms with Crippen LogP contribution in [0.2, 0.25) is 0 Å². The van der Waals surface area contributed by atoms with E-state index in [0.29, 0.717) is 0 Å². The van der Waals surface area contributed by atoms with Gasteiger partial charge in [0.15, 0.2) is 0 Å². The quantitative estimate of drug-likeness (QED) is 0.707. The van der Waals surface area contributed by atoms with Crippen LogP contribution in [0, 0.1) is 0 Å². The van der Waals surface area contributed by atoms with Gasteiger partial charge in [0.1, 0.15) is 0 Å². The maximum atomic E-state index is 12.8. The van der Waals surface area contributed by atoms with E-state index >= 15 is 0 Å². The van der Waals surface area contributed by atoms with Crippen LogP contribution in [-0.4, -0.2) is 32.0 Å². The Morgan fingerprint density at radius 3 is 1.03 bits per heavy atom. The zero-order chi connectivity index (χ0) is 20.8. The van der Waals surface area contributed by atoms with Crippen molar-refractivity contribution in [2.75, 3.05) is 9.80 Å². The fourth-order valence-corrected chi connectivity index (χ4v) is 4.26. The highest BCUT2D eigenvalue weighted by atomic mass is 32.2. The number of carbonyl (C=O) groups is 4. The Morgan fingerprint density at radius 2 is 0.759 bits per heavy atom. The normalized spacial score (nSPS) is 16.4. The fraction of sp³-hybridized carbons (Fsp3) is 0. The number of sulfone groups is 1. The van der Waals surface area contributed by atoms with Gasteiger partial charge in [0.2, 0.25) is 9.84 Å². The second-order valence-electron chi connectivity index (χ2n) is 6.18. The van der Waals surface area contributed by atoms with Crippen LogP contribution in [0.3, 0.4) is 0 Å². The third-order valence-corrected chi connectivity index (χ3v) is 6.21. The molecule has 9 heteroatoms. The summed E-state index contributed by atoms with van der Waals surface area (Å²) in [6.07, 6.45) is 4.56. The average molecular weight is 408 g/mol. The van der Waals surface area contributed by atoms with Crippen molar-refractivity contribution in [3.8, 4) is 0 Å². The molecule has 29 heavy (non-hydrogen) atoms. The first-order valence-electron chi connectivity index (χ1n) is 8.36. The summed E-state index contributed by atoms with van der Waals surface area (Å²) in [4.78, 5) is 48.7. The number of hydrogen-bond acceptors (Lipinski definition) is 6. The number of carbonyl (C=O) groups excluding carboxylic acids is 4. The van der Waals surface area contributed by atoms with Gasteiger partial charge in [-0.25, -0.2) is 18.2 Å². The summed E-state index contributed by atoms with van der Waals surface area (Å²) in [5, 5.41) is 0. The maximum absolute atomic E-state index is 12.8. The van der Waals surface area contributed by atoms with Gasteiger partial charge in [-0.05, 0) is 48.5 Å². The molecule has 2 aliphatic heterocycles. The number of anilines is 2. The summed E-state index contributed by atoms with van der Waals surface area (Å²) in [6, 6.07) is 10.7. The Morgan fingerprint density at radius 1 is 0.483 bits per heavy atom. The molecule has 0 aliphatic carbocycles. The molecule has 0 unspecified atom stereocenters. The van der Waals surface area contributed by atoms with Crippen molar-refractivity contribution in [1.29, 1.82) is 0 Å². The molecule has 2 aliphatic rings. The van der Waals surface area contributed by atoms with Crippen LogP contribution in [-0.2, 0) is 29.0 Å². The molecule has 2 aromatic carbocycles. The molecule has 0 saturated heterocycles. The lowest BCUT2D eigenvalue weighted by molar-refractivity contribution is -0.121. The molecule has 0 bridgehead atoms. The standard InChI is InChI=1S/C20H12N2O6S/c23-17-9-10-18(24)21(17)13-1-5-15(6-2-13)29(27,28)16-7-3-14(4-8-16)22-19(25)11-12-20(22)26/h1-12H. The molecule has 0 saturated carbocycles. The van der Waals surface area contributed by atoms with Gasteiger partial charge in [0.25, 0.3) is 23.6 Å². The van der Waals surface area contributed by atoms with Crippen LogP contribution >= 0.6 is 0 Å². The number of imide groups is 2. The summed E-state index contributed by atoms with van der Waals surface area (Å²) >= 11 is 0. The second-order valence-corrected chi connectivity index (χ2v) is 8.13. The molecule has 0 fully saturated rings. The van der Waals surface area contributed by atoms with Crippen molar-refractivity contribution in [2.24, 2.45) is 0 Å². The predicted molar refractivity (Wildman–Crippen MR) is 102 cm³/mol. The van der Waals surface area contributed by atoms with Crippen LogP contribution in [0.15, 0.2) is 82.6 Å². The number of benzene rings is 2. The van der Waals surface area contributed by atoms with Crippen LogP contribution < -0.4 is 9.80 Å². The number of nitrogens with zero attached hydrogens (tertiary/aromatic N) is 2. The van der Waals surface area contributed by atoms with Crippen molar-refractivity contribution in [3.63, 3.8) is 0 Å². The molecule has 4 rings (SSSR count). The van der Waals surface area contributed by atoms with Crippen LogP contribution in [0.5, 0.6) is 0 Å². The van der Waals surface area contributed by atoms with Crippen molar-refractivity contribution < 1.29 is 27.6 Å². The largest absolute Gasteiger partial charge is 0.269 e. The van der Waals surface area contributed by atoms with E-state index in [4.69, 9.17) is 0 Å². The van der Waals surface area contributed by atoms with Crippen LogP contribution in [0.4, 0.5) is 11.4 Å². The van der Waals surface area contributed by atoms with E-state index in [1.54, 1.807) is 0 Å². The van der Waals surface area contributed by atoms with Gasteiger partial charge in [0, 0.05) is 24.3 Å².